The molecular weight excluding hydrogens is 316 g/mol. The van der Waals surface area contributed by atoms with Crippen LogP contribution in [0.4, 0.5) is 0 Å². The summed E-state index contributed by atoms with van der Waals surface area (Å²) in [5.41, 5.74) is 0.763. The summed E-state index contributed by atoms with van der Waals surface area (Å²) in [7, 11) is 0. The van der Waals surface area contributed by atoms with E-state index in [0.29, 0.717) is 0 Å². The summed E-state index contributed by atoms with van der Waals surface area (Å²) in [5, 5.41) is 15.7. The average Bonchev–Trinajstić information content (AvgIpc) is 3.11. The molecule has 120 valence electrons. The van der Waals surface area contributed by atoms with E-state index in [0.717, 1.165) is 20.5 Å². The van der Waals surface area contributed by atoms with Gasteiger partial charge in [-0.05, 0) is 16.8 Å². The minimum absolute atomic E-state index is 0.0375. The Morgan fingerprint density at radius 2 is 1.96 bits per heavy atom. The topological polar surface area (TPSA) is 86.7 Å². The lowest BCUT2D eigenvalue weighted by atomic mass is 10.1. The number of carbonyl (C=O) groups excluding carboxylic acids is 3. The van der Waals surface area contributed by atoms with Crippen molar-refractivity contribution in [2.75, 3.05) is 13.1 Å². The second-order valence-electron chi connectivity index (χ2n) is 5.38. The molecule has 1 aliphatic rings. The van der Waals surface area contributed by atoms with Gasteiger partial charge in [0, 0.05) is 29.6 Å². The van der Waals surface area contributed by atoms with E-state index in [-0.39, 0.29) is 37.7 Å². The highest BCUT2D eigenvalue weighted by molar-refractivity contribution is 7.17. The number of benzene rings is 1. The Hall–Kier alpha value is -2.25. The number of nitrogens with one attached hydrogen (secondary N) is 1. The monoisotopic (exact) mass is 332 g/mol. The summed E-state index contributed by atoms with van der Waals surface area (Å²) >= 11 is 1.53. The molecule has 3 amide bonds. The van der Waals surface area contributed by atoms with Crippen molar-refractivity contribution in [3.63, 3.8) is 0 Å². The number of hydrogen-bond donors (Lipinski definition) is 2. The number of likely N-dealkylation sites (tertiary alicyclic amines) is 1. The molecule has 0 radical (unpaired) electrons. The second-order valence-corrected chi connectivity index (χ2v) is 6.29. The van der Waals surface area contributed by atoms with Gasteiger partial charge < -0.3 is 10.4 Å². The third-order valence-corrected chi connectivity index (χ3v) is 4.80. The van der Waals surface area contributed by atoms with Crippen LogP contribution in [0, 0.1) is 0 Å². The molecular formula is C16H16N2O4S. The van der Waals surface area contributed by atoms with E-state index in [2.05, 4.69) is 5.32 Å². The number of hydrogen-bond acceptors (Lipinski definition) is 5. The second kappa shape index (κ2) is 6.47. The molecule has 2 aromatic rings. The van der Waals surface area contributed by atoms with Crippen LogP contribution in [0.15, 0.2) is 29.6 Å². The van der Waals surface area contributed by atoms with E-state index in [1.165, 1.54) is 11.3 Å². The first-order valence-corrected chi connectivity index (χ1v) is 8.18. The summed E-state index contributed by atoms with van der Waals surface area (Å²) < 4.78 is 1.07. The van der Waals surface area contributed by atoms with Crippen molar-refractivity contribution < 1.29 is 19.5 Å². The normalized spacial score (nSPS) is 16.1. The van der Waals surface area contributed by atoms with Crippen LogP contribution in [-0.2, 0) is 14.4 Å². The molecule has 1 aliphatic heterocycles. The molecule has 1 fully saturated rings. The van der Waals surface area contributed by atoms with E-state index in [1.54, 1.807) is 0 Å². The number of aliphatic hydroxyl groups excluding tert-OH is 1. The molecule has 1 aromatic heterocycles. The van der Waals surface area contributed by atoms with E-state index in [1.807, 2.05) is 29.6 Å². The van der Waals surface area contributed by atoms with Crippen LogP contribution in [0.2, 0.25) is 0 Å². The van der Waals surface area contributed by atoms with Gasteiger partial charge in [-0.25, -0.2) is 0 Å². The maximum absolute atomic E-state index is 11.9. The van der Waals surface area contributed by atoms with Crippen molar-refractivity contribution in [3.8, 4) is 0 Å². The minimum Gasteiger partial charge on any atom is -0.387 e. The molecule has 2 heterocycles. The van der Waals surface area contributed by atoms with Crippen LogP contribution in [0.3, 0.4) is 0 Å². The van der Waals surface area contributed by atoms with Crippen LogP contribution in [0.25, 0.3) is 10.1 Å². The number of thiophene rings is 1. The van der Waals surface area contributed by atoms with Gasteiger partial charge in [0.15, 0.2) is 0 Å². The van der Waals surface area contributed by atoms with Crippen LogP contribution >= 0.6 is 11.3 Å². The lowest BCUT2D eigenvalue weighted by molar-refractivity contribution is -0.142. The van der Waals surface area contributed by atoms with Crippen molar-refractivity contribution in [1.29, 1.82) is 0 Å². The summed E-state index contributed by atoms with van der Waals surface area (Å²) in [6.07, 6.45) is -0.509. The molecule has 0 aliphatic carbocycles. The fourth-order valence-corrected chi connectivity index (χ4v) is 3.58. The average molecular weight is 332 g/mol. The van der Waals surface area contributed by atoms with Crippen molar-refractivity contribution in [3.05, 3.63) is 35.2 Å². The summed E-state index contributed by atoms with van der Waals surface area (Å²) in [6, 6.07) is 7.72. The van der Waals surface area contributed by atoms with Gasteiger partial charge in [0.25, 0.3) is 0 Å². The van der Waals surface area contributed by atoms with Crippen LogP contribution in [0.5, 0.6) is 0 Å². The number of aliphatic hydroxyl groups is 1. The van der Waals surface area contributed by atoms with Crippen molar-refractivity contribution in [2.45, 2.75) is 18.9 Å². The van der Waals surface area contributed by atoms with Crippen LogP contribution in [-0.4, -0.2) is 40.8 Å². The molecule has 0 saturated carbocycles. The number of rotatable bonds is 5. The van der Waals surface area contributed by atoms with Gasteiger partial charge in [-0.3, -0.25) is 19.3 Å². The highest BCUT2D eigenvalue weighted by Crippen LogP contribution is 2.29. The summed E-state index contributed by atoms with van der Waals surface area (Å²) in [5.74, 6) is -1.10. The van der Waals surface area contributed by atoms with Crippen LogP contribution < -0.4 is 5.32 Å². The first-order chi connectivity index (χ1) is 11.1. The zero-order valence-corrected chi connectivity index (χ0v) is 13.1. The van der Waals surface area contributed by atoms with Crippen molar-refractivity contribution in [2.24, 2.45) is 0 Å². The number of nitrogens with zero attached hydrogens (tertiary/aromatic N) is 1. The standard InChI is InChI=1S/C16H16N2O4S/c19-12(11-9-23-13-4-2-1-3-10(11)13)7-17-14(20)8-18-15(21)5-6-16(18)22/h1-4,9,12,19H,5-8H2,(H,17,20)/t12-/m0/s1. The van der Waals surface area contributed by atoms with E-state index in [9.17, 15) is 19.5 Å². The zero-order valence-electron chi connectivity index (χ0n) is 12.3. The maximum Gasteiger partial charge on any atom is 0.240 e. The molecule has 0 bridgehead atoms. The fourth-order valence-electron chi connectivity index (χ4n) is 2.58. The number of imide groups is 1. The predicted octanol–water partition coefficient (Wildman–Crippen LogP) is 1.20. The van der Waals surface area contributed by atoms with Crippen molar-refractivity contribution in [1.82, 2.24) is 10.2 Å². The van der Waals surface area contributed by atoms with Gasteiger partial charge in [0.1, 0.15) is 6.54 Å². The van der Waals surface area contributed by atoms with Gasteiger partial charge in [-0.15, -0.1) is 11.3 Å². The maximum atomic E-state index is 11.9. The Balaban J connectivity index is 1.58. The van der Waals surface area contributed by atoms with Gasteiger partial charge in [-0.1, -0.05) is 18.2 Å². The molecule has 2 N–H and O–H groups in total. The third-order valence-electron chi connectivity index (χ3n) is 3.82. The Morgan fingerprint density at radius 1 is 1.26 bits per heavy atom. The Bertz CT molecular complexity index is 754. The van der Waals surface area contributed by atoms with Crippen molar-refractivity contribution >= 4 is 39.1 Å². The number of amides is 3. The van der Waals surface area contributed by atoms with Gasteiger partial charge in [-0.2, -0.15) is 0 Å². The molecule has 6 nitrogen and oxygen atoms in total. The quantitative estimate of drug-likeness (QED) is 0.806. The van der Waals surface area contributed by atoms with Gasteiger partial charge in [0.2, 0.25) is 17.7 Å². The SMILES string of the molecule is O=C(CN1C(=O)CCC1=O)NC[C@H](O)c1csc2ccccc12. The molecule has 7 heteroatoms. The lowest BCUT2D eigenvalue weighted by Gasteiger charge is -2.15. The molecule has 1 saturated heterocycles. The fraction of sp³-hybridized carbons (Fsp3) is 0.312. The zero-order chi connectivity index (χ0) is 16.4. The highest BCUT2D eigenvalue weighted by atomic mass is 32.1. The Labute approximate surface area is 136 Å². The number of fused-ring (bicyclic) bond motifs is 1. The molecule has 1 aromatic carbocycles. The van der Waals surface area contributed by atoms with E-state index in [4.69, 9.17) is 0 Å². The Morgan fingerprint density at radius 3 is 2.70 bits per heavy atom. The molecule has 23 heavy (non-hydrogen) atoms. The lowest BCUT2D eigenvalue weighted by Crippen LogP contribution is -2.41. The van der Waals surface area contributed by atoms with E-state index < -0.39 is 12.0 Å². The summed E-state index contributed by atoms with van der Waals surface area (Å²) in [4.78, 5) is 35.8. The number of carbonyl (C=O) groups is 3. The first kappa shape index (κ1) is 15.6. The smallest absolute Gasteiger partial charge is 0.240 e. The predicted molar refractivity (Wildman–Crippen MR) is 85.7 cm³/mol. The largest absolute Gasteiger partial charge is 0.387 e. The molecule has 1 atom stereocenters. The van der Waals surface area contributed by atoms with Gasteiger partial charge >= 0.3 is 0 Å². The molecule has 0 unspecified atom stereocenters. The molecule has 0 spiro atoms. The third kappa shape index (κ3) is 3.25. The van der Waals surface area contributed by atoms with E-state index >= 15 is 0 Å². The Kier molecular flexibility index (Phi) is 4.40. The minimum atomic E-state index is -0.833. The van der Waals surface area contributed by atoms with Crippen LogP contribution in [0.1, 0.15) is 24.5 Å². The first-order valence-electron chi connectivity index (χ1n) is 7.30. The summed E-state index contributed by atoms with van der Waals surface area (Å²) in [6.45, 7) is -0.245. The van der Waals surface area contributed by atoms with Gasteiger partial charge in [0.05, 0.1) is 6.10 Å². The highest BCUT2D eigenvalue weighted by Gasteiger charge is 2.30. The molecule has 3 rings (SSSR count).